The minimum Gasteiger partial charge on any atom is -0.494 e. The number of halogens is 3. The van der Waals surface area contributed by atoms with Crippen LogP contribution in [0.3, 0.4) is 0 Å². The molecule has 134 valence electrons. The quantitative estimate of drug-likeness (QED) is 0.815. The minimum absolute atomic E-state index is 0.0520. The number of rotatable bonds is 6. The SMILES string of the molecule is CCOc1ccc(C(=O)Nc2cccc(C(F)(F)F)c2)c(OCC)c1. The number of carbonyl (C=O) groups excluding carboxylic acids is 1. The average Bonchev–Trinajstić information content (AvgIpc) is 2.55. The second-order valence-corrected chi connectivity index (χ2v) is 5.06. The molecule has 25 heavy (non-hydrogen) atoms. The first-order valence-corrected chi connectivity index (χ1v) is 7.73. The lowest BCUT2D eigenvalue weighted by atomic mass is 10.1. The van der Waals surface area contributed by atoms with Crippen LogP contribution in [-0.4, -0.2) is 19.1 Å². The van der Waals surface area contributed by atoms with Crippen LogP contribution in [0.1, 0.15) is 29.8 Å². The smallest absolute Gasteiger partial charge is 0.416 e. The monoisotopic (exact) mass is 353 g/mol. The molecule has 4 nitrogen and oxygen atoms in total. The third-order valence-electron chi connectivity index (χ3n) is 3.26. The number of hydrogen-bond donors (Lipinski definition) is 1. The predicted molar refractivity (Wildman–Crippen MR) is 88.2 cm³/mol. The molecule has 0 saturated heterocycles. The minimum atomic E-state index is -4.48. The van der Waals surface area contributed by atoms with E-state index < -0.39 is 17.6 Å². The van der Waals surface area contributed by atoms with Gasteiger partial charge in [-0.2, -0.15) is 13.2 Å². The zero-order valence-corrected chi connectivity index (χ0v) is 13.8. The Bertz CT molecular complexity index is 745. The van der Waals surface area contributed by atoms with E-state index in [0.29, 0.717) is 24.7 Å². The second-order valence-electron chi connectivity index (χ2n) is 5.06. The summed E-state index contributed by atoms with van der Waals surface area (Å²) in [6, 6.07) is 9.15. The summed E-state index contributed by atoms with van der Waals surface area (Å²) >= 11 is 0. The fourth-order valence-electron chi connectivity index (χ4n) is 2.19. The molecular weight excluding hydrogens is 335 g/mol. The van der Waals surface area contributed by atoms with Gasteiger partial charge in [0.1, 0.15) is 11.5 Å². The molecular formula is C18H18F3NO3. The lowest BCUT2D eigenvalue weighted by molar-refractivity contribution is -0.137. The summed E-state index contributed by atoms with van der Waals surface area (Å²) in [6.45, 7) is 4.39. The van der Waals surface area contributed by atoms with Crippen LogP contribution < -0.4 is 14.8 Å². The van der Waals surface area contributed by atoms with Crippen molar-refractivity contribution in [2.45, 2.75) is 20.0 Å². The van der Waals surface area contributed by atoms with Crippen LogP contribution in [0.15, 0.2) is 42.5 Å². The van der Waals surface area contributed by atoms with Crippen molar-refractivity contribution < 1.29 is 27.4 Å². The van der Waals surface area contributed by atoms with Gasteiger partial charge in [-0.1, -0.05) is 6.07 Å². The van der Waals surface area contributed by atoms with E-state index in [1.807, 2.05) is 6.92 Å². The molecule has 0 unspecified atom stereocenters. The summed E-state index contributed by atoms with van der Waals surface area (Å²) in [6.07, 6.45) is -4.48. The number of nitrogens with one attached hydrogen (secondary N) is 1. The van der Waals surface area contributed by atoms with Crippen molar-refractivity contribution in [2.75, 3.05) is 18.5 Å². The van der Waals surface area contributed by atoms with E-state index in [4.69, 9.17) is 9.47 Å². The Morgan fingerprint density at radius 1 is 1.04 bits per heavy atom. The van der Waals surface area contributed by atoms with Crippen molar-refractivity contribution in [1.82, 2.24) is 0 Å². The van der Waals surface area contributed by atoms with Crippen molar-refractivity contribution in [2.24, 2.45) is 0 Å². The van der Waals surface area contributed by atoms with Gasteiger partial charge in [0.05, 0.1) is 24.3 Å². The molecule has 1 amide bonds. The van der Waals surface area contributed by atoms with Gasteiger partial charge in [-0.3, -0.25) is 4.79 Å². The fourth-order valence-corrected chi connectivity index (χ4v) is 2.19. The molecule has 2 aromatic carbocycles. The van der Waals surface area contributed by atoms with Crippen molar-refractivity contribution in [3.05, 3.63) is 53.6 Å². The van der Waals surface area contributed by atoms with E-state index in [9.17, 15) is 18.0 Å². The lowest BCUT2D eigenvalue weighted by Gasteiger charge is -2.13. The largest absolute Gasteiger partial charge is 0.494 e. The molecule has 1 N–H and O–H groups in total. The second kappa shape index (κ2) is 7.92. The van der Waals surface area contributed by atoms with Crippen LogP contribution in [0.25, 0.3) is 0 Å². The van der Waals surface area contributed by atoms with Crippen molar-refractivity contribution in [1.29, 1.82) is 0 Å². The number of ether oxygens (including phenoxy) is 2. The first kappa shape index (κ1) is 18.6. The first-order valence-electron chi connectivity index (χ1n) is 7.73. The van der Waals surface area contributed by atoms with Gasteiger partial charge in [0.25, 0.3) is 5.91 Å². The number of anilines is 1. The summed E-state index contributed by atoms with van der Waals surface area (Å²) < 4.78 is 49.1. The molecule has 0 radical (unpaired) electrons. The van der Waals surface area contributed by atoms with E-state index in [2.05, 4.69) is 5.32 Å². The molecule has 0 aliphatic heterocycles. The zero-order chi connectivity index (χ0) is 18.4. The van der Waals surface area contributed by atoms with E-state index in [-0.39, 0.29) is 11.3 Å². The van der Waals surface area contributed by atoms with Gasteiger partial charge in [0.2, 0.25) is 0 Å². The van der Waals surface area contributed by atoms with Gasteiger partial charge in [0.15, 0.2) is 0 Å². The van der Waals surface area contributed by atoms with Crippen LogP contribution in [-0.2, 0) is 6.18 Å². The maximum absolute atomic E-state index is 12.8. The highest BCUT2D eigenvalue weighted by atomic mass is 19.4. The van der Waals surface area contributed by atoms with Crippen LogP contribution in [0.4, 0.5) is 18.9 Å². The molecule has 0 fully saturated rings. The molecule has 2 rings (SSSR count). The van der Waals surface area contributed by atoms with Gasteiger partial charge < -0.3 is 14.8 Å². The maximum atomic E-state index is 12.8. The highest BCUT2D eigenvalue weighted by Crippen LogP contribution is 2.31. The van der Waals surface area contributed by atoms with Gasteiger partial charge >= 0.3 is 6.18 Å². The third kappa shape index (κ3) is 4.89. The molecule has 0 spiro atoms. The van der Waals surface area contributed by atoms with Crippen LogP contribution in [0.2, 0.25) is 0 Å². The summed E-state index contributed by atoms with van der Waals surface area (Å²) in [5, 5.41) is 2.46. The van der Waals surface area contributed by atoms with Crippen molar-refractivity contribution in [3.8, 4) is 11.5 Å². The molecule has 2 aromatic rings. The molecule has 0 bridgehead atoms. The summed E-state index contributed by atoms with van der Waals surface area (Å²) in [7, 11) is 0. The Kier molecular flexibility index (Phi) is 5.90. The maximum Gasteiger partial charge on any atom is 0.416 e. The van der Waals surface area contributed by atoms with Gasteiger partial charge in [-0.15, -0.1) is 0 Å². The molecule has 7 heteroatoms. The van der Waals surface area contributed by atoms with Crippen LogP contribution >= 0.6 is 0 Å². The van der Waals surface area contributed by atoms with Gasteiger partial charge in [-0.05, 0) is 44.2 Å². The molecule has 0 aliphatic rings. The number of alkyl halides is 3. The molecule has 0 heterocycles. The third-order valence-corrected chi connectivity index (χ3v) is 3.26. The number of benzene rings is 2. The van der Waals surface area contributed by atoms with E-state index in [1.54, 1.807) is 19.1 Å². The standard InChI is InChI=1S/C18H18F3NO3/c1-3-24-14-8-9-15(16(11-14)25-4-2)17(23)22-13-7-5-6-12(10-13)18(19,20)21/h5-11H,3-4H2,1-2H3,(H,22,23). The first-order chi connectivity index (χ1) is 11.8. The highest BCUT2D eigenvalue weighted by Gasteiger charge is 2.30. The lowest BCUT2D eigenvalue weighted by Crippen LogP contribution is -2.15. The Morgan fingerprint density at radius 2 is 1.76 bits per heavy atom. The highest BCUT2D eigenvalue weighted by molar-refractivity contribution is 6.06. The van der Waals surface area contributed by atoms with Crippen LogP contribution in [0.5, 0.6) is 11.5 Å². The number of hydrogen-bond acceptors (Lipinski definition) is 3. The average molecular weight is 353 g/mol. The van der Waals surface area contributed by atoms with E-state index >= 15 is 0 Å². The summed E-state index contributed by atoms with van der Waals surface area (Å²) in [5.41, 5.74) is -0.569. The number of amides is 1. The molecule has 0 aromatic heterocycles. The normalized spacial score (nSPS) is 11.1. The van der Waals surface area contributed by atoms with Gasteiger partial charge in [0, 0.05) is 11.8 Å². The summed E-state index contributed by atoms with van der Waals surface area (Å²) in [4.78, 5) is 12.4. The molecule has 0 atom stereocenters. The zero-order valence-electron chi connectivity index (χ0n) is 13.8. The Morgan fingerprint density at radius 3 is 2.40 bits per heavy atom. The van der Waals surface area contributed by atoms with Gasteiger partial charge in [-0.25, -0.2) is 0 Å². The topological polar surface area (TPSA) is 47.6 Å². The Balaban J connectivity index is 2.26. The molecule has 0 saturated carbocycles. The fraction of sp³-hybridized carbons (Fsp3) is 0.278. The Labute approximate surface area is 143 Å². The Hall–Kier alpha value is -2.70. The molecule has 0 aliphatic carbocycles. The van der Waals surface area contributed by atoms with Crippen molar-refractivity contribution in [3.63, 3.8) is 0 Å². The van der Waals surface area contributed by atoms with Crippen LogP contribution in [0, 0.1) is 0 Å². The van der Waals surface area contributed by atoms with E-state index in [0.717, 1.165) is 12.1 Å². The van der Waals surface area contributed by atoms with E-state index in [1.165, 1.54) is 18.2 Å². The predicted octanol–water partition coefficient (Wildman–Crippen LogP) is 4.76. The number of carbonyl (C=O) groups is 1. The summed E-state index contributed by atoms with van der Waals surface area (Å²) in [5.74, 6) is 0.283. The van der Waals surface area contributed by atoms with Crippen molar-refractivity contribution >= 4 is 11.6 Å².